The predicted octanol–water partition coefficient (Wildman–Crippen LogP) is 3.59. The highest BCUT2D eigenvalue weighted by atomic mass is 16.5. The molecule has 2 rings (SSSR count). The van der Waals surface area contributed by atoms with Gasteiger partial charge in [0.15, 0.2) is 17.3 Å². The smallest absolute Gasteiger partial charge is 0.203 e. The molecule has 0 aliphatic heterocycles. The Morgan fingerprint density at radius 3 is 1.96 bits per heavy atom. The van der Waals surface area contributed by atoms with Crippen molar-refractivity contribution in [1.29, 1.82) is 0 Å². The highest BCUT2D eigenvalue weighted by Gasteiger charge is 2.18. The summed E-state index contributed by atoms with van der Waals surface area (Å²) in [5, 5.41) is 0. The highest BCUT2D eigenvalue weighted by molar-refractivity contribution is 6.11. The van der Waals surface area contributed by atoms with Gasteiger partial charge in [-0.2, -0.15) is 0 Å². The number of nitrogens with two attached hydrogens (primary N) is 1. The third kappa shape index (κ3) is 3.91. The van der Waals surface area contributed by atoms with Crippen molar-refractivity contribution in [3.8, 4) is 23.0 Å². The Balaban J connectivity index is 2.41. The van der Waals surface area contributed by atoms with Gasteiger partial charge in [0.05, 0.1) is 34.1 Å². The zero-order chi connectivity index (χ0) is 19.3. The number of benzene rings is 2. The van der Waals surface area contributed by atoms with Crippen LogP contribution in [0.15, 0.2) is 35.9 Å². The van der Waals surface area contributed by atoms with E-state index in [1.807, 2.05) is 6.07 Å². The van der Waals surface area contributed by atoms with E-state index in [0.29, 0.717) is 39.8 Å². The molecule has 0 saturated heterocycles. The lowest BCUT2D eigenvalue weighted by Gasteiger charge is -2.14. The van der Waals surface area contributed by atoms with Gasteiger partial charge in [-0.25, -0.2) is 0 Å². The van der Waals surface area contributed by atoms with Gasteiger partial charge in [0, 0.05) is 5.56 Å². The number of anilines is 1. The standard InChI is InChI=1S/C20H23NO5/c1-12(8-13-6-7-15(21)16(9-13)23-2)19(22)14-10-17(24-3)20(26-5)18(11-14)25-4/h6-11H,21H2,1-5H3. The third-order valence-electron chi connectivity index (χ3n) is 3.93. The normalized spacial score (nSPS) is 11.0. The number of carbonyl (C=O) groups excluding carboxylic acids is 1. The Hall–Kier alpha value is -3.15. The second-order valence-electron chi connectivity index (χ2n) is 5.57. The van der Waals surface area contributed by atoms with E-state index < -0.39 is 0 Å². The molecule has 0 saturated carbocycles. The van der Waals surface area contributed by atoms with Gasteiger partial charge >= 0.3 is 0 Å². The van der Waals surface area contributed by atoms with Crippen LogP contribution in [0.5, 0.6) is 23.0 Å². The molecule has 0 aromatic heterocycles. The maximum Gasteiger partial charge on any atom is 0.203 e. The third-order valence-corrected chi connectivity index (χ3v) is 3.93. The van der Waals surface area contributed by atoms with E-state index >= 15 is 0 Å². The fourth-order valence-corrected chi connectivity index (χ4v) is 2.57. The molecule has 0 spiro atoms. The molecular weight excluding hydrogens is 334 g/mol. The van der Waals surface area contributed by atoms with Crippen molar-refractivity contribution >= 4 is 17.5 Å². The summed E-state index contributed by atoms with van der Waals surface area (Å²) in [5.74, 6) is 1.71. The quantitative estimate of drug-likeness (QED) is 0.463. The van der Waals surface area contributed by atoms with E-state index in [9.17, 15) is 4.79 Å². The number of nitrogen functional groups attached to an aromatic ring is 1. The van der Waals surface area contributed by atoms with Gasteiger partial charge < -0.3 is 24.7 Å². The van der Waals surface area contributed by atoms with Crippen LogP contribution in [0.25, 0.3) is 6.08 Å². The second kappa shape index (κ2) is 8.29. The summed E-state index contributed by atoms with van der Waals surface area (Å²) in [6.07, 6.45) is 1.77. The Kier molecular flexibility index (Phi) is 6.11. The van der Waals surface area contributed by atoms with Crippen LogP contribution in [-0.2, 0) is 0 Å². The largest absolute Gasteiger partial charge is 0.495 e. The monoisotopic (exact) mass is 357 g/mol. The number of ether oxygens (including phenoxy) is 4. The molecule has 2 aromatic rings. The van der Waals surface area contributed by atoms with Gasteiger partial charge in [0.1, 0.15) is 5.75 Å². The molecule has 0 radical (unpaired) electrons. The van der Waals surface area contributed by atoms with Gasteiger partial charge in [-0.3, -0.25) is 4.79 Å². The predicted molar refractivity (Wildman–Crippen MR) is 101 cm³/mol. The topological polar surface area (TPSA) is 80.0 Å². The van der Waals surface area contributed by atoms with Crippen molar-refractivity contribution in [3.05, 3.63) is 47.0 Å². The lowest BCUT2D eigenvalue weighted by atomic mass is 10.0. The number of methoxy groups -OCH3 is 4. The maximum absolute atomic E-state index is 12.8. The maximum atomic E-state index is 12.8. The summed E-state index contributed by atoms with van der Waals surface area (Å²) in [6, 6.07) is 8.60. The summed E-state index contributed by atoms with van der Waals surface area (Å²) >= 11 is 0. The van der Waals surface area contributed by atoms with Gasteiger partial charge in [-0.1, -0.05) is 6.07 Å². The average molecular weight is 357 g/mol. The molecule has 0 bridgehead atoms. The number of hydrogen-bond acceptors (Lipinski definition) is 6. The molecule has 6 heteroatoms. The van der Waals surface area contributed by atoms with E-state index in [0.717, 1.165) is 5.56 Å². The SMILES string of the molecule is COc1cc(C=C(C)C(=O)c2cc(OC)c(OC)c(OC)c2)ccc1N. The summed E-state index contributed by atoms with van der Waals surface area (Å²) in [7, 11) is 6.08. The number of rotatable bonds is 7. The fourth-order valence-electron chi connectivity index (χ4n) is 2.57. The minimum Gasteiger partial charge on any atom is -0.495 e. The minimum atomic E-state index is -0.153. The van der Waals surface area contributed by atoms with Crippen molar-refractivity contribution in [1.82, 2.24) is 0 Å². The van der Waals surface area contributed by atoms with Crippen LogP contribution >= 0.6 is 0 Å². The van der Waals surface area contributed by atoms with E-state index in [1.54, 1.807) is 44.4 Å². The molecule has 138 valence electrons. The van der Waals surface area contributed by atoms with Crippen molar-refractivity contribution in [2.45, 2.75) is 6.92 Å². The van der Waals surface area contributed by atoms with Crippen LogP contribution in [0.3, 0.4) is 0 Å². The van der Waals surface area contributed by atoms with Crippen LogP contribution < -0.4 is 24.7 Å². The number of allylic oxidation sites excluding steroid dienone is 1. The zero-order valence-electron chi connectivity index (χ0n) is 15.6. The van der Waals surface area contributed by atoms with Gasteiger partial charge in [-0.05, 0) is 48.4 Å². The van der Waals surface area contributed by atoms with Gasteiger partial charge in [-0.15, -0.1) is 0 Å². The van der Waals surface area contributed by atoms with Crippen LogP contribution in [-0.4, -0.2) is 34.2 Å². The van der Waals surface area contributed by atoms with E-state index in [1.165, 1.54) is 21.3 Å². The van der Waals surface area contributed by atoms with Crippen molar-refractivity contribution in [2.24, 2.45) is 0 Å². The molecular formula is C20H23NO5. The number of ketones is 1. The molecule has 26 heavy (non-hydrogen) atoms. The van der Waals surface area contributed by atoms with Crippen LogP contribution in [0.4, 0.5) is 5.69 Å². The molecule has 0 unspecified atom stereocenters. The average Bonchev–Trinajstić information content (AvgIpc) is 2.67. The van der Waals surface area contributed by atoms with Gasteiger partial charge in [0.25, 0.3) is 0 Å². The summed E-state index contributed by atoms with van der Waals surface area (Å²) in [5.41, 5.74) is 8.16. The highest BCUT2D eigenvalue weighted by Crippen LogP contribution is 2.38. The van der Waals surface area contributed by atoms with Crippen molar-refractivity contribution in [2.75, 3.05) is 34.2 Å². The molecule has 0 heterocycles. The fraction of sp³-hybridized carbons (Fsp3) is 0.250. The summed E-state index contributed by atoms with van der Waals surface area (Å²) < 4.78 is 21.1. The molecule has 2 N–H and O–H groups in total. The first-order valence-corrected chi connectivity index (χ1v) is 7.91. The second-order valence-corrected chi connectivity index (χ2v) is 5.57. The van der Waals surface area contributed by atoms with Crippen molar-refractivity contribution < 1.29 is 23.7 Å². The van der Waals surface area contributed by atoms with Crippen LogP contribution in [0.1, 0.15) is 22.8 Å². The first-order valence-electron chi connectivity index (χ1n) is 7.91. The molecule has 0 atom stereocenters. The molecule has 0 amide bonds. The Bertz CT molecular complexity index is 817. The number of Topliss-reactive ketones (excluding diaryl/α,β-unsaturated/α-hetero) is 1. The van der Waals surface area contributed by atoms with E-state index in [-0.39, 0.29) is 5.78 Å². The molecule has 0 fully saturated rings. The zero-order valence-corrected chi connectivity index (χ0v) is 15.6. The summed E-state index contributed by atoms with van der Waals surface area (Å²) in [4.78, 5) is 12.8. The van der Waals surface area contributed by atoms with Crippen LogP contribution in [0.2, 0.25) is 0 Å². The van der Waals surface area contributed by atoms with Crippen LogP contribution in [0, 0.1) is 0 Å². The first kappa shape index (κ1) is 19.2. The number of hydrogen-bond donors (Lipinski definition) is 1. The Labute approximate surface area is 153 Å². The van der Waals surface area contributed by atoms with Gasteiger partial charge in [0.2, 0.25) is 5.75 Å². The molecule has 0 aliphatic rings. The van der Waals surface area contributed by atoms with E-state index in [2.05, 4.69) is 0 Å². The molecule has 2 aromatic carbocycles. The van der Waals surface area contributed by atoms with Crippen molar-refractivity contribution in [3.63, 3.8) is 0 Å². The lowest BCUT2D eigenvalue weighted by Crippen LogP contribution is -2.04. The molecule has 0 aliphatic carbocycles. The first-order chi connectivity index (χ1) is 12.4. The van der Waals surface area contributed by atoms with E-state index in [4.69, 9.17) is 24.7 Å². The number of carbonyl (C=O) groups is 1. The molecule has 6 nitrogen and oxygen atoms in total. The lowest BCUT2D eigenvalue weighted by molar-refractivity contribution is 0.103. The Morgan fingerprint density at radius 1 is 0.885 bits per heavy atom. The summed E-state index contributed by atoms with van der Waals surface area (Å²) in [6.45, 7) is 1.74. The minimum absolute atomic E-state index is 0.153. The Morgan fingerprint density at radius 2 is 1.46 bits per heavy atom.